The van der Waals surface area contributed by atoms with Gasteiger partial charge in [0.15, 0.2) is 0 Å². The van der Waals surface area contributed by atoms with Crippen LogP contribution >= 0.6 is 0 Å². The quantitative estimate of drug-likeness (QED) is 0.794. The molecule has 0 saturated heterocycles. The molecule has 0 saturated carbocycles. The van der Waals surface area contributed by atoms with Gasteiger partial charge >= 0.3 is 0 Å². The van der Waals surface area contributed by atoms with E-state index in [1.54, 1.807) is 11.1 Å². The molecule has 1 aromatic carbocycles. The molecule has 1 aliphatic carbocycles. The van der Waals surface area contributed by atoms with E-state index in [2.05, 4.69) is 43.3 Å². The molecule has 0 heterocycles. The van der Waals surface area contributed by atoms with Gasteiger partial charge in [-0.15, -0.1) is 12.3 Å². The summed E-state index contributed by atoms with van der Waals surface area (Å²) in [4.78, 5) is 0. The fraction of sp³-hybridized carbons (Fsp3) is 0.529. The Kier molecular flexibility index (Phi) is 4.44. The molecule has 0 aromatic heterocycles. The highest BCUT2D eigenvalue weighted by Crippen LogP contribution is 2.24. The first-order chi connectivity index (χ1) is 8.70. The SMILES string of the molecule is C#CCC(C)NC(C)c1ccc2c(c1)CCCC2. The molecule has 18 heavy (non-hydrogen) atoms. The van der Waals surface area contributed by atoms with Crippen LogP contribution in [0.25, 0.3) is 0 Å². The number of aryl methyl sites for hydroxylation is 2. The molecule has 96 valence electrons. The summed E-state index contributed by atoms with van der Waals surface area (Å²) in [6.07, 6.45) is 11.3. The number of nitrogens with one attached hydrogen (secondary N) is 1. The van der Waals surface area contributed by atoms with Crippen LogP contribution in [0.15, 0.2) is 18.2 Å². The second-order valence-corrected chi connectivity index (χ2v) is 5.43. The third-order valence-electron chi connectivity index (χ3n) is 3.83. The van der Waals surface area contributed by atoms with Crippen LogP contribution in [0.4, 0.5) is 0 Å². The van der Waals surface area contributed by atoms with Gasteiger partial charge in [0.2, 0.25) is 0 Å². The molecule has 0 bridgehead atoms. The minimum absolute atomic E-state index is 0.376. The first-order valence-corrected chi connectivity index (χ1v) is 7.02. The van der Waals surface area contributed by atoms with Crippen LogP contribution in [0, 0.1) is 12.3 Å². The van der Waals surface area contributed by atoms with Crippen LogP contribution < -0.4 is 5.32 Å². The molecular formula is C17H23N. The highest BCUT2D eigenvalue weighted by atomic mass is 14.9. The summed E-state index contributed by atoms with van der Waals surface area (Å²) in [5, 5.41) is 3.56. The topological polar surface area (TPSA) is 12.0 Å². The number of rotatable bonds is 4. The molecule has 1 nitrogen and oxygen atoms in total. The Bertz CT molecular complexity index is 441. The Morgan fingerprint density at radius 2 is 1.94 bits per heavy atom. The van der Waals surface area contributed by atoms with E-state index in [0.29, 0.717) is 12.1 Å². The average molecular weight is 241 g/mol. The van der Waals surface area contributed by atoms with Gasteiger partial charge in [-0.2, -0.15) is 0 Å². The van der Waals surface area contributed by atoms with Gasteiger partial charge in [-0.25, -0.2) is 0 Å². The van der Waals surface area contributed by atoms with Crippen molar-refractivity contribution in [1.82, 2.24) is 5.32 Å². The maximum Gasteiger partial charge on any atom is 0.0294 e. The molecule has 1 N–H and O–H groups in total. The van der Waals surface area contributed by atoms with Crippen molar-refractivity contribution >= 4 is 0 Å². The van der Waals surface area contributed by atoms with Crippen molar-refractivity contribution in [2.75, 3.05) is 0 Å². The molecule has 1 heteroatoms. The van der Waals surface area contributed by atoms with Gasteiger partial charge < -0.3 is 5.32 Å². The Balaban J connectivity index is 2.06. The van der Waals surface area contributed by atoms with Crippen LogP contribution in [0.3, 0.4) is 0 Å². The Morgan fingerprint density at radius 3 is 2.67 bits per heavy atom. The number of hydrogen-bond donors (Lipinski definition) is 1. The third kappa shape index (κ3) is 3.15. The van der Waals surface area contributed by atoms with Crippen LogP contribution in [-0.4, -0.2) is 6.04 Å². The Labute approximate surface area is 111 Å². The van der Waals surface area contributed by atoms with E-state index in [1.807, 2.05) is 0 Å². The standard InChI is InChI=1S/C17H23N/c1-4-7-13(2)18-14(3)16-11-10-15-8-5-6-9-17(15)12-16/h1,10-14,18H,5-9H2,2-3H3. The molecule has 0 spiro atoms. The van der Waals surface area contributed by atoms with Crippen molar-refractivity contribution in [2.24, 2.45) is 0 Å². The summed E-state index contributed by atoms with van der Waals surface area (Å²) < 4.78 is 0. The predicted octanol–water partition coefficient (Wildman–Crippen LogP) is 3.63. The van der Waals surface area contributed by atoms with Gasteiger partial charge in [-0.1, -0.05) is 18.2 Å². The van der Waals surface area contributed by atoms with Gasteiger partial charge in [-0.3, -0.25) is 0 Å². The fourth-order valence-corrected chi connectivity index (χ4v) is 2.78. The molecule has 0 fully saturated rings. The van der Waals surface area contributed by atoms with Crippen molar-refractivity contribution in [1.29, 1.82) is 0 Å². The van der Waals surface area contributed by atoms with Gasteiger partial charge in [0.1, 0.15) is 0 Å². The molecule has 2 unspecified atom stereocenters. The number of fused-ring (bicyclic) bond motifs is 1. The summed E-state index contributed by atoms with van der Waals surface area (Å²) in [5.41, 5.74) is 4.49. The summed E-state index contributed by atoms with van der Waals surface area (Å²) in [6.45, 7) is 4.37. The Hall–Kier alpha value is -1.26. The number of hydrogen-bond acceptors (Lipinski definition) is 1. The summed E-state index contributed by atoms with van der Waals surface area (Å²) in [5.74, 6) is 2.71. The minimum Gasteiger partial charge on any atom is -0.307 e. The van der Waals surface area contributed by atoms with Crippen LogP contribution in [-0.2, 0) is 12.8 Å². The zero-order valence-corrected chi connectivity index (χ0v) is 11.5. The lowest BCUT2D eigenvalue weighted by molar-refractivity contribution is 0.485. The number of terminal acetylenes is 1. The third-order valence-corrected chi connectivity index (χ3v) is 3.83. The summed E-state index contributed by atoms with van der Waals surface area (Å²) in [7, 11) is 0. The van der Waals surface area contributed by atoms with Crippen molar-refractivity contribution in [3.63, 3.8) is 0 Å². The molecule has 0 aliphatic heterocycles. The van der Waals surface area contributed by atoms with E-state index in [-0.39, 0.29) is 0 Å². The normalized spacial score (nSPS) is 17.6. The zero-order valence-electron chi connectivity index (χ0n) is 11.5. The monoisotopic (exact) mass is 241 g/mol. The lowest BCUT2D eigenvalue weighted by Gasteiger charge is -2.22. The highest BCUT2D eigenvalue weighted by Gasteiger charge is 2.13. The lowest BCUT2D eigenvalue weighted by atomic mass is 9.89. The molecule has 1 aliphatic rings. The van der Waals surface area contributed by atoms with Crippen LogP contribution in [0.1, 0.15) is 55.8 Å². The van der Waals surface area contributed by atoms with E-state index < -0.39 is 0 Å². The molecule has 0 amide bonds. The lowest BCUT2D eigenvalue weighted by Crippen LogP contribution is -2.28. The zero-order chi connectivity index (χ0) is 13.0. The van der Waals surface area contributed by atoms with Crippen molar-refractivity contribution in [3.05, 3.63) is 34.9 Å². The minimum atomic E-state index is 0.376. The smallest absolute Gasteiger partial charge is 0.0294 e. The van der Waals surface area contributed by atoms with Crippen LogP contribution in [0.5, 0.6) is 0 Å². The summed E-state index contributed by atoms with van der Waals surface area (Å²) >= 11 is 0. The van der Waals surface area contributed by atoms with E-state index in [0.717, 1.165) is 6.42 Å². The van der Waals surface area contributed by atoms with E-state index >= 15 is 0 Å². The van der Waals surface area contributed by atoms with Crippen molar-refractivity contribution < 1.29 is 0 Å². The van der Waals surface area contributed by atoms with Gasteiger partial charge in [0.25, 0.3) is 0 Å². The van der Waals surface area contributed by atoms with E-state index in [1.165, 1.54) is 31.2 Å². The maximum atomic E-state index is 5.34. The van der Waals surface area contributed by atoms with E-state index in [9.17, 15) is 0 Å². The Morgan fingerprint density at radius 1 is 1.22 bits per heavy atom. The van der Waals surface area contributed by atoms with Crippen molar-refractivity contribution in [2.45, 2.75) is 58.0 Å². The van der Waals surface area contributed by atoms with Gasteiger partial charge in [-0.05, 0) is 56.2 Å². The second-order valence-electron chi connectivity index (χ2n) is 5.43. The average Bonchev–Trinajstić information content (AvgIpc) is 2.38. The van der Waals surface area contributed by atoms with Crippen LogP contribution in [0.2, 0.25) is 0 Å². The summed E-state index contributed by atoms with van der Waals surface area (Å²) in [6, 6.07) is 7.72. The first-order valence-electron chi connectivity index (χ1n) is 7.02. The number of benzene rings is 1. The second kappa shape index (κ2) is 6.07. The molecule has 0 radical (unpaired) electrons. The van der Waals surface area contributed by atoms with Gasteiger partial charge in [0.05, 0.1) is 0 Å². The van der Waals surface area contributed by atoms with E-state index in [4.69, 9.17) is 6.42 Å². The molecule has 2 atom stereocenters. The largest absolute Gasteiger partial charge is 0.307 e. The first kappa shape index (κ1) is 13.2. The molecule has 1 aromatic rings. The molecular weight excluding hydrogens is 218 g/mol. The fourth-order valence-electron chi connectivity index (χ4n) is 2.78. The highest BCUT2D eigenvalue weighted by molar-refractivity contribution is 5.35. The molecule has 2 rings (SSSR count). The predicted molar refractivity (Wildman–Crippen MR) is 77.5 cm³/mol. The maximum absolute atomic E-state index is 5.34. The van der Waals surface area contributed by atoms with Crippen molar-refractivity contribution in [3.8, 4) is 12.3 Å². The van der Waals surface area contributed by atoms with Gasteiger partial charge in [0, 0.05) is 18.5 Å².